The third-order valence-electron chi connectivity index (χ3n) is 4.09. The molecule has 0 unspecified atom stereocenters. The number of amides is 2. The molecule has 1 aliphatic heterocycles. The topological polar surface area (TPSA) is 79.6 Å². The molecule has 1 heterocycles. The summed E-state index contributed by atoms with van der Waals surface area (Å²) in [5, 5.41) is 9.14. The van der Waals surface area contributed by atoms with Crippen molar-refractivity contribution in [3.8, 4) is 17.6 Å². The summed E-state index contributed by atoms with van der Waals surface area (Å²) in [5.41, 5.74) is 1.64. The molecule has 0 N–H and O–H groups in total. The lowest BCUT2D eigenvalue weighted by Crippen LogP contribution is -2.27. The zero-order valence-corrected chi connectivity index (χ0v) is 16.6. The molecule has 142 valence electrons. The number of methoxy groups -OCH3 is 2. The highest BCUT2D eigenvalue weighted by atomic mass is 35.5. The standard InChI is InChI=1S/C20H15ClN2O4S/c1-26-16-8-12(7-15(21)18(16)27-2)9-17-19(24)23(20(25)28-17)11-14-6-4-3-5-13(14)10-22/h3-9H,11H2,1-2H3/b17-9-. The number of thioether (sulfide) groups is 1. The second-order valence-electron chi connectivity index (χ2n) is 5.78. The molecule has 2 aromatic carbocycles. The smallest absolute Gasteiger partial charge is 0.293 e. The Morgan fingerprint density at radius 1 is 1.21 bits per heavy atom. The van der Waals surface area contributed by atoms with Gasteiger partial charge in [-0.05, 0) is 47.2 Å². The Bertz CT molecular complexity index is 1030. The number of carbonyl (C=O) groups is 2. The summed E-state index contributed by atoms with van der Waals surface area (Å²) >= 11 is 7.04. The summed E-state index contributed by atoms with van der Waals surface area (Å²) in [6.45, 7) is 0.0401. The molecule has 2 aromatic rings. The first-order valence-corrected chi connectivity index (χ1v) is 9.32. The van der Waals surface area contributed by atoms with Gasteiger partial charge in [-0.2, -0.15) is 5.26 Å². The van der Waals surface area contributed by atoms with E-state index >= 15 is 0 Å². The number of nitriles is 1. The number of imide groups is 1. The summed E-state index contributed by atoms with van der Waals surface area (Å²) < 4.78 is 10.5. The Morgan fingerprint density at radius 3 is 2.64 bits per heavy atom. The quantitative estimate of drug-likeness (QED) is 0.672. The zero-order valence-electron chi connectivity index (χ0n) is 15.1. The molecule has 3 rings (SSSR count). The molecule has 6 nitrogen and oxygen atoms in total. The van der Waals surface area contributed by atoms with Gasteiger partial charge in [0.15, 0.2) is 11.5 Å². The minimum atomic E-state index is -0.423. The molecule has 8 heteroatoms. The van der Waals surface area contributed by atoms with Crippen LogP contribution in [-0.4, -0.2) is 30.3 Å². The van der Waals surface area contributed by atoms with Gasteiger partial charge in [0.25, 0.3) is 11.1 Å². The van der Waals surface area contributed by atoms with E-state index in [4.69, 9.17) is 21.1 Å². The lowest BCUT2D eigenvalue weighted by Gasteiger charge is -2.13. The van der Waals surface area contributed by atoms with E-state index in [2.05, 4.69) is 6.07 Å². The maximum absolute atomic E-state index is 12.7. The van der Waals surface area contributed by atoms with Crippen LogP contribution in [0.4, 0.5) is 4.79 Å². The van der Waals surface area contributed by atoms with Gasteiger partial charge in [0.05, 0.1) is 42.3 Å². The van der Waals surface area contributed by atoms with Crippen LogP contribution in [-0.2, 0) is 11.3 Å². The summed E-state index contributed by atoms with van der Waals surface area (Å²) in [6.07, 6.45) is 1.58. The Morgan fingerprint density at radius 2 is 1.96 bits per heavy atom. The molecule has 1 fully saturated rings. The van der Waals surface area contributed by atoms with Crippen LogP contribution in [0.25, 0.3) is 6.08 Å². The van der Waals surface area contributed by atoms with Crippen molar-refractivity contribution in [1.82, 2.24) is 4.90 Å². The first-order chi connectivity index (χ1) is 13.5. The number of ether oxygens (including phenoxy) is 2. The minimum absolute atomic E-state index is 0.0401. The lowest BCUT2D eigenvalue weighted by molar-refractivity contribution is -0.123. The van der Waals surface area contributed by atoms with E-state index in [1.54, 1.807) is 42.5 Å². The second kappa shape index (κ2) is 8.38. The predicted molar refractivity (Wildman–Crippen MR) is 107 cm³/mol. The van der Waals surface area contributed by atoms with Gasteiger partial charge >= 0.3 is 0 Å². The Hall–Kier alpha value is -2.95. The third-order valence-corrected chi connectivity index (χ3v) is 5.28. The molecule has 0 bridgehead atoms. The van der Waals surface area contributed by atoms with Crippen LogP contribution in [0.1, 0.15) is 16.7 Å². The molecule has 0 radical (unpaired) electrons. The molecule has 1 aliphatic rings. The van der Waals surface area contributed by atoms with E-state index in [9.17, 15) is 14.9 Å². The largest absolute Gasteiger partial charge is 0.493 e. The molecule has 0 aliphatic carbocycles. The fraction of sp³-hybridized carbons (Fsp3) is 0.150. The van der Waals surface area contributed by atoms with Crippen LogP contribution >= 0.6 is 23.4 Å². The first kappa shape index (κ1) is 19.8. The highest BCUT2D eigenvalue weighted by Gasteiger charge is 2.35. The fourth-order valence-corrected chi connectivity index (χ4v) is 3.88. The van der Waals surface area contributed by atoms with Crippen LogP contribution in [0.15, 0.2) is 41.3 Å². The molecule has 0 saturated carbocycles. The van der Waals surface area contributed by atoms with E-state index in [0.29, 0.717) is 33.2 Å². The van der Waals surface area contributed by atoms with Crippen LogP contribution in [0.3, 0.4) is 0 Å². The number of halogens is 1. The first-order valence-electron chi connectivity index (χ1n) is 8.13. The summed E-state index contributed by atoms with van der Waals surface area (Å²) in [7, 11) is 2.96. The van der Waals surface area contributed by atoms with Crippen LogP contribution < -0.4 is 9.47 Å². The van der Waals surface area contributed by atoms with Crippen LogP contribution in [0.2, 0.25) is 5.02 Å². The zero-order chi connectivity index (χ0) is 20.3. The van der Waals surface area contributed by atoms with Gasteiger partial charge in [-0.3, -0.25) is 14.5 Å². The van der Waals surface area contributed by atoms with Gasteiger partial charge in [-0.25, -0.2) is 0 Å². The number of carbonyl (C=O) groups excluding carboxylic acids is 2. The van der Waals surface area contributed by atoms with Crippen molar-refractivity contribution >= 4 is 40.6 Å². The van der Waals surface area contributed by atoms with E-state index in [1.165, 1.54) is 14.2 Å². The van der Waals surface area contributed by atoms with Gasteiger partial charge in [0, 0.05) is 0 Å². The second-order valence-corrected chi connectivity index (χ2v) is 7.18. The monoisotopic (exact) mass is 414 g/mol. The van der Waals surface area contributed by atoms with Gasteiger partial charge < -0.3 is 9.47 Å². The minimum Gasteiger partial charge on any atom is -0.493 e. The van der Waals surface area contributed by atoms with Crippen molar-refractivity contribution in [1.29, 1.82) is 5.26 Å². The SMILES string of the molecule is COc1cc(/C=C2\SC(=O)N(Cc3ccccc3C#N)C2=O)cc(Cl)c1OC. The van der Waals surface area contributed by atoms with Gasteiger partial charge in [0.2, 0.25) is 0 Å². The van der Waals surface area contributed by atoms with Crippen molar-refractivity contribution in [3.05, 3.63) is 63.0 Å². The number of benzene rings is 2. The van der Waals surface area contributed by atoms with E-state index in [-0.39, 0.29) is 11.4 Å². The van der Waals surface area contributed by atoms with Crippen molar-refractivity contribution in [3.63, 3.8) is 0 Å². The van der Waals surface area contributed by atoms with Gasteiger partial charge in [-0.15, -0.1) is 0 Å². The summed E-state index contributed by atoms with van der Waals surface area (Å²) in [4.78, 5) is 26.5. The predicted octanol–water partition coefficient (Wildman–Crippen LogP) is 4.47. The number of hydrogen-bond donors (Lipinski definition) is 0. The average Bonchev–Trinajstić information content (AvgIpc) is 2.95. The Labute approximate surface area is 171 Å². The molecule has 28 heavy (non-hydrogen) atoms. The van der Waals surface area contributed by atoms with E-state index in [0.717, 1.165) is 16.7 Å². The molecular weight excluding hydrogens is 400 g/mol. The third kappa shape index (κ3) is 3.84. The molecule has 0 spiro atoms. The van der Waals surface area contributed by atoms with Gasteiger partial charge in [0.1, 0.15) is 0 Å². The van der Waals surface area contributed by atoms with Crippen molar-refractivity contribution in [2.24, 2.45) is 0 Å². The maximum Gasteiger partial charge on any atom is 0.293 e. The summed E-state index contributed by atoms with van der Waals surface area (Å²) in [6, 6.07) is 12.2. The normalized spacial score (nSPS) is 15.1. The number of rotatable bonds is 5. The maximum atomic E-state index is 12.7. The molecule has 0 atom stereocenters. The van der Waals surface area contributed by atoms with Crippen LogP contribution in [0.5, 0.6) is 11.5 Å². The average molecular weight is 415 g/mol. The number of hydrogen-bond acceptors (Lipinski definition) is 6. The number of nitrogens with zero attached hydrogens (tertiary/aromatic N) is 2. The molecule has 0 aromatic heterocycles. The van der Waals surface area contributed by atoms with Crippen molar-refractivity contribution < 1.29 is 19.1 Å². The Balaban J connectivity index is 1.89. The molecular formula is C20H15ClN2O4S. The summed E-state index contributed by atoms with van der Waals surface area (Å²) in [5.74, 6) is 0.389. The van der Waals surface area contributed by atoms with Crippen LogP contribution in [0, 0.1) is 11.3 Å². The highest BCUT2D eigenvalue weighted by Crippen LogP contribution is 2.39. The highest BCUT2D eigenvalue weighted by molar-refractivity contribution is 8.18. The fourth-order valence-electron chi connectivity index (χ4n) is 2.75. The van der Waals surface area contributed by atoms with Crippen molar-refractivity contribution in [2.75, 3.05) is 14.2 Å². The van der Waals surface area contributed by atoms with E-state index < -0.39 is 11.1 Å². The van der Waals surface area contributed by atoms with E-state index in [1.807, 2.05) is 0 Å². The van der Waals surface area contributed by atoms with Gasteiger partial charge in [-0.1, -0.05) is 29.8 Å². The molecule has 1 saturated heterocycles. The van der Waals surface area contributed by atoms with Crippen molar-refractivity contribution in [2.45, 2.75) is 6.54 Å². The lowest BCUT2D eigenvalue weighted by atomic mass is 10.1. The Kier molecular flexibility index (Phi) is 5.93. The molecule has 2 amide bonds.